The molecule has 0 radical (unpaired) electrons. The summed E-state index contributed by atoms with van der Waals surface area (Å²) in [5.41, 5.74) is 1.22. The Kier molecular flexibility index (Phi) is 6.34. The number of para-hydroxylation sites is 1. The van der Waals surface area contributed by atoms with Crippen LogP contribution in [0.5, 0.6) is 5.75 Å². The van der Waals surface area contributed by atoms with E-state index in [1.165, 1.54) is 38.0 Å². The minimum absolute atomic E-state index is 0.671. The Labute approximate surface area is 123 Å². The van der Waals surface area contributed by atoms with Crippen LogP contribution in [0.3, 0.4) is 0 Å². The van der Waals surface area contributed by atoms with E-state index in [1.54, 1.807) is 0 Å². The van der Waals surface area contributed by atoms with Gasteiger partial charge >= 0.3 is 0 Å². The maximum Gasteiger partial charge on any atom is 0.122 e. The van der Waals surface area contributed by atoms with Crippen LogP contribution in [-0.2, 0) is 0 Å². The van der Waals surface area contributed by atoms with Gasteiger partial charge in [-0.2, -0.15) is 0 Å². The lowest BCUT2D eigenvalue weighted by Gasteiger charge is -2.19. The number of aryl methyl sites for hydroxylation is 1. The van der Waals surface area contributed by atoms with Gasteiger partial charge in [-0.1, -0.05) is 18.2 Å². The summed E-state index contributed by atoms with van der Waals surface area (Å²) in [5, 5.41) is 3.54. The summed E-state index contributed by atoms with van der Waals surface area (Å²) in [6.07, 6.45) is 3.62. The normalized spacial score (nSPS) is 20.6. The van der Waals surface area contributed by atoms with Crippen molar-refractivity contribution in [1.29, 1.82) is 0 Å². The first-order chi connectivity index (χ1) is 9.75. The molecule has 0 bridgehead atoms. The number of nitrogens with one attached hydrogen (secondary N) is 1. The second-order valence-electron chi connectivity index (χ2n) is 5.81. The smallest absolute Gasteiger partial charge is 0.122 e. The second-order valence-corrected chi connectivity index (χ2v) is 5.81. The van der Waals surface area contributed by atoms with Crippen molar-refractivity contribution in [3.63, 3.8) is 0 Å². The van der Waals surface area contributed by atoms with Gasteiger partial charge in [0.15, 0.2) is 0 Å². The summed E-state index contributed by atoms with van der Waals surface area (Å²) >= 11 is 0. The van der Waals surface area contributed by atoms with Crippen LogP contribution in [0.15, 0.2) is 24.3 Å². The quantitative estimate of drug-likeness (QED) is 0.809. The third-order valence-corrected chi connectivity index (χ3v) is 4.02. The van der Waals surface area contributed by atoms with Gasteiger partial charge in [0.1, 0.15) is 5.75 Å². The summed E-state index contributed by atoms with van der Waals surface area (Å²) in [4.78, 5) is 2.57. The van der Waals surface area contributed by atoms with Gasteiger partial charge in [0.05, 0.1) is 6.61 Å². The van der Waals surface area contributed by atoms with Gasteiger partial charge in [-0.25, -0.2) is 0 Å². The lowest BCUT2D eigenvalue weighted by molar-refractivity contribution is 0.259. The molecule has 1 aliphatic heterocycles. The largest absolute Gasteiger partial charge is 0.493 e. The predicted molar refractivity (Wildman–Crippen MR) is 84.4 cm³/mol. The highest BCUT2D eigenvalue weighted by Gasteiger charge is 2.12. The van der Waals surface area contributed by atoms with Crippen molar-refractivity contribution < 1.29 is 4.74 Å². The van der Waals surface area contributed by atoms with Crippen LogP contribution in [0.25, 0.3) is 0 Å². The van der Waals surface area contributed by atoms with Gasteiger partial charge in [0, 0.05) is 19.1 Å². The van der Waals surface area contributed by atoms with E-state index in [2.05, 4.69) is 42.3 Å². The fourth-order valence-corrected chi connectivity index (χ4v) is 2.62. The maximum atomic E-state index is 5.84. The number of hydrogen-bond acceptors (Lipinski definition) is 3. The Bertz CT molecular complexity index is 394. The van der Waals surface area contributed by atoms with Crippen molar-refractivity contribution >= 4 is 0 Å². The van der Waals surface area contributed by atoms with Crippen molar-refractivity contribution in [1.82, 2.24) is 10.2 Å². The zero-order chi connectivity index (χ0) is 14.2. The number of benzene rings is 1. The molecule has 1 atom stereocenters. The molecular weight excluding hydrogens is 248 g/mol. The Balaban J connectivity index is 1.58. The number of nitrogens with zero attached hydrogens (tertiary/aromatic N) is 1. The highest BCUT2D eigenvalue weighted by molar-refractivity contribution is 5.31. The van der Waals surface area contributed by atoms with Gasteiger partial charge in [-0.3, -0.25) is 0 Å². The first-order valence-corrected chi connectivity index (χ1v) is 7.90. The highest BCUT2D eigenvalue weighted by atomic mass is 16.5. The molecule has 1 saturated heterocycles. The van der Waals surface area contributed by atoms with Gasteiger partial charge in [-0.05, 0) is 57.8 Å². The maximum absolute atomic E-state index is 5.84. The molecule has 1 aromatic rings. The second kappa shape index (κ2) is 8.28. The topological polar surface area (TPSA) is 24.5 Å². The zero-order valence-corrected chi connectivity index (χ0v) is 12.9. The number of unbranched alkanes of at least 4 members (excludes halogenated alkanes) is 1. The fraction of sp³-hybridized carbons (Fsp3) is 0.647. The van der Waals surface area contributed by atoms with Crippen LogP contribution in [0.1, 0.15) is 31.7 Å². The lowest BCUT2D eigenvalue weighted by atomic mass is 10.2. The van der Waals surface area contributed by atoms with E-state index < -0.39 is 0 Å². The molecule has 1 fully saturated rings. The molecule has 3 heteroatoms. The van der Waals surface area contributed by atoms with E-state index in [4.69, 9.17) is 4.74 Å². The van der Waals surface area contributed by atoms with E-state index in [-0.39, 0.29) is 0 Å². The minimum Gasteiger partial charge on any atom is -0.493 e. The molecule has 0 amide bonds. The molecule has 20 heavy (non-hydrogen) atoms. The van der Waals surface area contributed by atoms with Crippen LogP contribution in [0.4, 0.5) is 0 Å². The summed E-state index contributed by atoms with van der Waals surface area (Å²) in [7, 11) is 0. The summed E-state index contributed by atoms with van der Waals surface area (Å²) in [6, 6.07) is 8.91. The standard InChI is InChI=1S/C17H28N2O/c1-15-7-3-4-8-17(15)20-14-6-5-11-19-12-9-16(2)18-10-13-19/h3-4,7-8,16,18H,5-6,9-14H2,1-2H3. The molecule has 1 aromatic carbocycles. The molecule has 0 aliphatic carbocycles. The Hall–Kier alpha value is -1.06. The first-order valence-electron chi connectivity index (χ1n) is 7.90. The van der Waals surface area contributed by atoms with Gasteiger partial charge in [0.25, 0.3) is 0 Å². The number of ether oxygens (including phenoxy) is 1. The van der Waals surface area contributed by atoms with Crippen molar-refractivity contribution in [2.24, 2.45) is 0 Å². The molecule has 3 nitrogen and oxygen atoms in total. The molecule has 2 rings (SSSR count). The van der Waals surface area contributed by atoms with Crippen molar-refractivity contribution in [2.75, 3.05) is 32.8 Å². The monoisotopic (exact) mass is 276 g/mol. The fourth-order valence-electron chi connectivity index (χ4n) is 2.62. The van der Waals surface area contributed by atoms with E-state index >= 15 is 0 Å². The van der Waals surface area contributed by atoms with E-state index in [0.29, 0.717) is 6.04 Å². The average molecular weight is 276 g/mol. The van der Waals surface area contributed by atoms with E-state index in [9.17, 15) is 0 Å². The summed E-state index contributed by atoms with van der Waals surface area (Å²) in [6.45, 7) is 9.94. The molecule has 0 spiro atoms. The summed E-state index contributed by atoms with van der Waals surface area (Å²) in [5.74, 6) is 1.03. The van der Waals surface area contributed by atoms with Crippen LogP contribution in [-0.4, -0.2) is 43.7 Å². The van der Waals surface area contributed by atoms with Gasteiger partial charge in [-0.15, -0.1) is 0 Å². The molecule has 1 unspecified atom stereocenters. The third-order valence-electron chi connectivity index (χ3n) is 4.02. The highest BCUT2D eigenvalue weighted by Crippen LogP contribution is 2.16. The molecule has 112 valence electrons. The van der Waals surface area contributed by atoms with Crippen molar-refractivity contribution in [3.05, 3.63) is 29.8 Å². The Morgan fingerprint density at radius 3 is 2.95 bits per heavy atom. The first kappa shape index (κ1) is 15.3. The molecule has 1 aliphatic rings. The van der Waals surface area contributed by atoms with Crippen molar-refractivity contribution in [3.8, 4) is 5.75 Å². The predicted octanol–water partition coefficient (Wildman–Crippen LogP) is 2.84. The molecular formula is C17H28N2O. The molecule has 0 aromatic heterocycles. The van der Waals surface area contributed by atoms with Crippen LogP contribution in [0, 0.1) is 6.92 Å². The average Bonchev–Trinajstić information content (AvgIpc) is 2.65. The summed E-state index contributed by atoms with van der Waals surface area (Å²) < 4.78 is 5.84. The van der Waals surface area contributed by atoms with E-state index in [0.717, 1.165) is 25.3 Å². The lowest BCUT2D eigenvalue weighted by Crippen LogP contribution is -2.29. The van der Waals surface area contributed by atoms with Gasteiger partial charge < -0.3 is 15.0 Å². The minimum atomic E-state index is 0.671. The van der Waals surface area contributed by atoms with Crippen LogP contribution < -0.4 is 10.1 Å². The van der Waals surface area contributed by atoms with Gasteiger partial charge in [0.2, 0.25) is 0 Å². The molecule has 1 heterocycles. The molecule has 1 N–H and O–H groups in total. The Morgan fingerprint density at radius 2 is 2.10 bits per heavy atom. The third kappa shape index (κ3) is 5.14. The van der Waals surface area contributed by atoms with Crippen molar-refractivity contribution in [2.45, 2.75) is 39.2 Å². The van der Waals surface area contributed by atoms with E-state index in [1.807, 2.05) is 6.07 Å². The van der Waals surface area contributed by atoms with Crippen LogP contribution >= 0.6 is 0 Å². The number of rotatable bonds is 6. The number of hydrogen-bond donors (Lipinski definition) is 1. The molecule has 0 saturated carbocycles. The Morgan fingerprint density at radius 1 is 1.25 bits per heavy atom. The zero-order valence-electron chi connectivity index (χ0n) is 12.9. The SMILES string of the molecule is Cc1ccccc1OCCCCN1CCNC(C)CC1. The van der Waals surface area contributed by atoms with Crippen LogP contribution in [0.2, 0.25) is 0 Å².